The maximum absolute atomic E-state index is 13.4. The Balaban J connectivity index is 1.75. The molecular formula is C25H32ClN3O6S. The summed E-state index contributed by atoms with van der Waals surface area (Å²) in [5.41, 5.74) is 1.27. The summed E-state index contributed by atoms with van der Waals surface area (Å²) in [5.74, 6) is 0.568. The predicted molar refractivity (Wildman–Crippen MR) is 139 cm³/mol. The van der Waals surface area contributed by atoms with Crippen LogP contribution in [0.15, 0.2) is 42.5 Å². The van der Waals surface area contributed by atoms with Crippen LogP contribution in [0.2, 0.25) is 5.02 Å². The van der Waals surface area contributed by atoms with Crippen LogP contribution in [0.25, 0.3) is 0 Å². The van der Waals surface area contributed by atoms with Crippen molar-refractivity contribution in [3.63, 3.8) is 0 Å². The maximum Gasteiger partial charge on any atom is 0.242 e. The number of nitrogens with one attached hydrogen (secondary N) is 1. The number of amides is 2. The number of nitrogens with zero attached hydrogens (tertiary/aromatic N) is 2. The molecule has 3 rings (SSSR count). The molecule has 0 radical (unpaired) electrons. The molecule has 9 nitrogen and oxygen atoms in total. The lowest BCUT2D eigenvalue weighted by Gasteiger charge is -2.31. The normalized spacial score (nSPS) is 13.2. The molecule has 0 bridgehead atoms. The molecule has 1 atom stereocenters. The fraction of sp³-hybridized carbons (Fsp3) is 0.440. The molecule has 0 spiro atoms. The number of hydrogen-bond donors (Lipinski definition) is 1. The van der Waals surface area contributed by atoms with Crippen LogP contribution in [-0.4, -0.2) is 57.3 Å². The number of hydrogen-bond acceptors (Lipinski definition) is 6. The van der Waals surface area contributed by atoms with E-state index in [1.54, 1.807) is 35.2 Å². The van der Waals surface area contributed by atoms with Crippen LogP contribution < -0.4 is 19.1 Å². The highest BCUT2D eigenvalue weighted by atomic mass is 35.5. The van der Waals surface area contributed by atoms with Crippen molar-refractivity contribution in [1.82, 2.24) is 10.2 Å². The van der Waals surface area contributed by atoms with Gasteiger partial charge in [-0.15, -0.1) is 0 Å². The van der Waals surface area contributed by atoms with E-state index in [-0.39, 0.29) is 44.5 Å². The van der Waals surface area contributed by atoms with Gasteiger partial charge in [0.2, 0.25) is 28.6 Å². The molecule has 0 saturated heterocycles. The van der Waals surface area contributed by atoms with Gasteiger partial charge in [0.25, 0.3) is 0 Å². The largest absolute Gasteiger partial charge is 0.454 e. The third kappa shape index (κ3) is 7.04. The van der Waals surface area contributed by atoms with Crippen LogP contribution in [0.3, 0.4) is 0 Å². The Morgan fingerprint density at radius 2 is 1.78 bits per heavy atom. The van der Waals surface area contributed by atoms with Crippen molar-refractivity contribution in [2.45, 2.75) is 45.7 Å². The molecule has 1 heterocycles. The molecule has 1 N–H and O–H groups in total. The molecule has 1 aliphatic rings. The van der Waals surface area contributed by atoms with E-state index in [1.165, 1.54) is 4.31 Å². The molecule has 1 unspecified atom stereocenters. The predicted octanol–water partition coefficient (Wildman–Crippen LogP) is 3.56. The third-order valence-electron chi connectivity index (χ3n) is 5.80. The molecule has 2 aromatic carbocycles. The Hall–Kier alpha value is -2.98. The first-order chi connectivity index (χ1) is 17.1. The number of fused-ring (bicyclic) bond motifs is 1. The van der Waals surface area contributed by atoms with E-state index < -0.39 is 16.1 Å². The molecule has 11 heteroatoms. The first-order valence-corrected chi connectivity index (χ1v) is 14.1. The fourth-order valence-electron chi connectivity index (χ4n) is 4.04. The van der Waals surface area contributed by atoms with Gasteiger partial charge >= 0.3 is 0 Å². The van der Waals surface area contributed by atoms with E-state index in [4.69, 9.17) is 21.1 Å². The van der Waals surface area contributed by atoms with Gasteiger partial charge in [-0.3, -0.25) is 13.9 Å². The number of carbonyl (C=O) groups excluding carboxylic acids is 2. The number of anilines is 1. The summed E-state index contributed by atoms with van der Waals surface area (Å²) in [6.07, 6.45) is 1.90. The van der Waals surface area contributed by atoms with Crippen molar-refractivity contribution < 1.29 is 27.5 Å². The topological polar surface area (TPSA) is 105 Å². The number of ether oxygens (including phenoxy) is 2. The Morgan fingerprint density at radius 1 is 1.08 bits per heavy atom. The summed E-state index contributed by atoms with van der Waals surface area (Å²) in [4.78, 5) is 27.6. The van der Waals surface area contributed by atoms with Crippen molar-refractivity contribution in [3.8, 4) is 11.5 Å². The van der Waals surface area contributed by atoms with Crippen molar-refractivity contribution in [3.05, 3.63) is 53.1 Å². The quantitative estimate of drug-likeness (QED) is 0.444. The zero-order valence-electron chi connectivity index (χ0n) is 20.7. The molecule has 0 saturated carbocycles. The van der Waals surface area contributed by atoms with E-state index >= 15 is 0 Å². The molecule has 196 valence electrons. The zero-order valence-corrected chi connectivity index (χ0v) is 22.3. The van der Waals surface area contributed by atoms with Crippen LogP contribution in [0.1, 0.15) is 38.7 Å². The second-order valence-electron chi connectivity index (χ2n) is 8.44. The van der Waals surface area contributed by atoms with Gasteiger partial charge in [-0.05, 0) is 49.6 Å². The first kappa shape index (κ1) is 27.6. The minimum atomic E-state index is -3.61. The molecule has 0 aliphatic carbocycles. The molecule has 1 aliphatic heterocycles. The average Bonchev–Trinajstić information content (AvgIpc) is 3.30. The highest BCUT2D eigenvalue weighted by Gasteiger charge is 2.29. The van der Waals surface area contributed by atoms with E-state index in [0.29, 0.717) is 35.2 Å². The van der Waals surface area contributed by atoms with Crippen LogP contribution in [-0.2, 0) is 26.2 Å². The van der Waals surface area contributed by atoms with Gasteiger partial charge in [0.1, 0.15) is 6.04 Å². The number of benzene rings is 2. The van der Waals surface area contributed by atoms with Crippen LogP contribution in [0.4, 0.5) is 5.69 Å². The lowest BCUT2D eigenvalue weighted by atomic mass is 10.1. The Morgan fingerprint density at radius 3 is 2.42 bits per heavy atom. The number of halogens is 1. The van der Waals surface area contributed by atoms with E-state index in [0.717, 1.165) is 11.8 Å². The molecule has 0 aromatic heterocycles. The molecule has 2 amide bonds. The number of sulfonamides is 1. The van der Waals surface area contributed by atoms with E-state index in [9.17, 15) is 18.0 Å². The SMILES string of the molecule is CCNC(=O)C(CC)N(Cc1ccc(Cl)cc1)C(=O)CCCN(c1ccc2c(c1)OCO2)S(C)(=O)=O. The van der Waals surface area contributed by atoms with Crippen molar-refractivity contribution in [1.29, 1.82) is 0 Å². The lowest BCUT2D eigenvalue weighted by Crippen LogP contribution is -2.49. The highest BCUT2D eigenvalue weighted by Crippen LogP contribution is 2.36. The maximum atomic E-state index is 13.4. The smallest absolute Gasteiger partial charge is 0.242 e. The Kier molecular flexibility index (Phi) is 9.44. The summed E-state index contributed by atoms with van der Waals surface area (Å²) in [6, 6.07) is 11.4. The second kappa shape index (κ2) is 12.3. The number of carbonyl (C=O) groups is 2. The van der Waals surface area contributed by atoms with Crippen LogP contribution >= 0.6 is 11.6 Å². The minimum Gasteiger partial charge on any atom is -0.454 e. The molecular weight excluding hydrogens is 506 g/mol. The minimum absolute atomic E-state index is 0.0695. The van der Waals surface area contributed by atoms with Gasteiger partial charge in [0, 0.05) is 37.1 Å². The average molecular weight is 538 g/mol. The van der Waals surface area contributed by atoms with Gasteiger partial charge < -0.3 is 19.7 Å². The van der Waals surface area contributed by atoms with Gasteiger partial charge in [-0.2, -0.15) is 0 Å². The Bertz CT molecular complexity index is 1170. The summed E-state index contributed by atoms with van der Waals surface area (Å²) in [7, 11) is -3.61. The van der Waals surface area contributed by atoms with Gasteiger partial charge in [-0.1, -0.05) is 30.7 Å². The van der Waals surface area contributed by atoms with E-state index in [1.807, 2.05) is 26.0 Å². The highest BCUT2D eigenvalue weighted by molar-refractivity contribution is 7.92. The summed E-state index contributed by atoms with van der Waals surface area (Å²) >= 11 is 6.00. The third-order valence-corrected chi connectivity index (χ3v) is 7.25. The summed E-state index contributed by atoms with van der Waals surface area (Å²) in [5, 5.41) is 3.38. The molecule has 2 aromatic rings. The van der Waals surface area contributed by atoms with Crippen LogP contribution in [0.5, 0.6) is 11.5 Å². The van der Waals surface area contributed by atoms with E-state index in [2.05, 4.69) is 5.32 Å². The monoisotopic (exact) mass is 537 g/mol. The second-order valence-corrected chi connectivity index (χ2v) is 10.8. The summed E-state index contributed by atoms with van der Waals surface area (Å²) < 4.78 is 37.0. The van der Waals surface area contributed by atoms with Gasteiger partial charge in [0.05, 0.1) is 11.9 Å². The molecule has 0 fully saturated rings. The molecule has 36 heavy (non-hydrogen) atoms. The lowest BCUT2D eigenvalue weighted by molar-refractivity contribution is -0.141. The summed E-state index contributed by atoms with van der Waals surface area (Å²) in [6.45, 7) is 4.55. The van der Waals surface area contributed by atoms with Crippen molar-refractivity contribution in [2.24, 2.45) is 0 Å². The number of rotatable bonds is 12. The van der Waals surface area contributed by atoms with Gasteiger partial charge in [0.15, 0.2) is 11.5 Å². The fourth-order valence-corrected chi connectivity index (χ4v) is 5.13. The standard InChI is InChI=1S/C25H32ClN3O6S/c1-4-21(25(31)27-5-2)28(16-18-8-10-19(26)11-9-18)24(30)7-6-14-29(36(3,32)33)20-12-13-22-23(15-20)35-17-34-22/h8-13,15,21H,4-7,14,16-17H2,1-3H3,(H,27,31). The van der Waals surface area contributed by atoms with Crippen LogP contribution in [0, 0.1) is 0 Å². The van der Waals surface area contributed by atoms with Crippen molar-refractivity contribution >= 4 is 39.1 Å². The van der Waals surface area contributed by atoms with Gasteiger partial charge in [-0.25, -0.2) is 8.42 Å². The zero-order chi connectivity index (χ0) is 26.3. The first-order valence-electron chi connectivity index (χ1n) is 11.8. The number of likely N-dealkylation sites (N-methyl/N-ethyl adjacent to an activating group) is 1. The van der Waals surface area contributed by atoms with Crippen molar-refractivity contribution in [2.75, 3.05) is 30.4 Å². The Labute approximate surface area is 217 Å².